The summed E-state index contributed by atoms with van der Waals surface area (Å²) in [5.41, 5.74) is 1.71. The Balaban J connectivity index is 1.62. The first kappa shape index (κ1) is 15.9. The van der Waals surface area contributed by atoms with Crippen molar-refractivity contribution in [1.82, 2.24) is 0 Å². The normalized spacial score (nSPS) is 52.2. The van der Waals surface area contributed by atoms with Gasteiger partial charge in [0.15, 0.2) is 5.78 Å². The van der Waals surface area contributed by atoms with E-state index < -0.39 is 0 Å². The van der Waals surface area contributed by atoms with Crippen molar-refractivity contribution in [1.29, 1.82) is 0 Å². The summed E-state index contributed by atoms with van der Waals surface area (Å²) in [6, 6.07) is 0. The van der Waals surface area contributed by atoms with E-state index in [9.17, 15) is 9.90 Å². The van der Waals surface area contributed by atoms with Crippen LogP contribution in [0.4, 0.5) is 0 Å². The van der Waals surface area contributed by atoms with Crippen LogP contribution in [0.15, 0.2) is 11.6 Å². The van der Waals surface area contributed by atoms with Crippen molar-refractivity contribution >= 4 is 5.78 Å². The Kier molecular flexibility index (Phi) is 3.58. The van der Waals surface area contributed by atoms with Crippen molar-refractivity contribution in [2.45, 2.75) is 78.2 Å². The average Bonchev–Trinajstić information content (AvgIpc) is 2.85. The van der Waals surface area contributed by atoms with Crippen LogP contribution in [0.25, 0.3) is 0 Å². The van der Waals surface area contributed by atoms with E-state index in [0.29, 0.717) is 17.1 Å². The number of aliphatic hydroxyl groups excluding tert-OH is 1. The maximum Gasteiger partial charge on any atom is 0.156 e. The van der Waals surface area contributed by atoms with Crippen LogP contribution >= 0.6 is 0 Å². The van der Waals surface area contributed by atoms with Crippen molar-refractivity contribution in [2.24, 2.45) is 34.5 Å². The molecule has 0 heterocycles. The monoisotopic (exact) mass is 316 g/mol. The lowest BCUT2D eigenvalue weighted by atomic mass is 9.44. The lowest BCUT2D eigenvalue weighted by Gasteiger charge is -2.60. The highest BCUT2D eigenvalue weighted by Crippen LogP contribution is 2.66. The SMILES string of the molecule is CC(=O)C1=CC[C@H]2[C@@H]3CC[C@@H]4C[C@H](O)CC[C@]4(C)[C@H]3CC[C@]12C. The topological polar surface area (TPSA) is 37.3 Å². The average molecular weight is 316 g/mol. The van der Waals surface area contributed by atoms with Gasteiger partial charge in [-0.1, -0.05) is 19.9 Å². The number of Topliss-reactive ketones (excluding diaryl/α,β-unsaturated/α-hetero) is 1. The molecule has 0 spiro atoms. The molecular weight excluding hydrogens is 284 g/mol. The third kappa shape index (κ3) is 2.13. The van der Waals surface area contributed by atoms with Gasteiger partial charge in [-0.15, -0.1) is 0 Å². The lowest BCUT2D eigenvalue weighted by molar-refractivity contribution is -0.124. The number of carbonyl (C=O) groups is 1. The molecule has 1 N–H and O–H groups in total. The van der Waals surface area contributed by atoms with Crippen LogP contribution in [0.2, 0.25) is 0 Å². The van der Waals surface area contributed by atoms with Gasteiger partial charge in [0, 0.05) is 0 Å². The van der Waals surface area contributed by atoms with Gasteiger partial charge in [-0.25, -0.2) is 0 Å². The quantitative estimate of drug-likeness (QED) is 0.772. The highest BCUT2D eigenvalue weighted by Gasteiger charge is 2.58. The Morgan fingerprint density at radius 3 is 2.65 bits per heavy atom. The van der Waals surface area contributed by atoms with Gasteiger partial charge in [-0.05, 0) is 98.4 Å². The molecule has 0 aromatic carbocycles. The molecule has 0 aromatic rings. The third-order valence-corrected chi connectivity index (χ3v) is 8.60. The van der Waals surface area contributed by atoms with Crippen LogP contribution in [0.3, 0.4) is 0 Å². The number of hydrogen-bond donors (Lipinski definition) is 1. The first-order chi connectivity index (χ1) is 10.9. The number of ketones is 1. The molecule has 2 nitrogen and oxygen atoms in total. The molecule has 23 heavy (non-hydrogen) atoms. The largest absolute Gasteiger partial charge is 0.393 e. The smallest absolute Gasteiger partial charge is 0.156 e. The second kappa shape index (κ2) is 5.18. The zero-order chi connectivity index (χ0) is 16.4. The number of allylic oxidation sites excluding steroid dienone is 2. The molecule has 2 heteroatoms. The van der Waals surface area contributed by atoms with E-state index in [1.54, 1.807) is 6.92 Å². The van der Waals surface area contributed by atoms with E-state index in [2.05, 4.69) is 19.9 Å². The summed E-state index contributed by atoms with van der Waals surface area (Å²) >= 11 is 0. The summed E-state index contributed by atoms with van der Waals surface area (Å²) in [4.78, 5) is 12.1. The molecule has 0 unspecified atom stereocenters. The fraction of sp³-hybridized carbons (Fsp3) is 0.857. The molecule has 0 aromatic heterocycles. The molecule has 3 fully saturated rings. The van der Waals surface area contributed by atoms with Crippen molar-refractivity contribution in [3.8, 4) is 0 Å². The van der Waals surface area contributed by atoms with Crippen LogP contribution in [0, 0.1) is 34.5 Å². The molecular formula is C21H32O2. The van der Waals surface area contributed by atoms with Crippen LogP contribution < -0.4 is 0 Å². The van der Waals surface area contributed by atoms with E-state index in [1.165, 1.54) is 32.1 Å². The molecule has 4 aliphatic carbocycles. The first-order valence-electron chi connectivity index (χ1n) is 9.76. The summed E-state index contributed by atoms with van der Waals surface area (Å²) < 4.78 is 0. The highest BCUT2D eigenvalue weighted by atomic mass is 16.3. The minimum atomic E-state index is -0.0593. The van der Waals surface area contributed by atoms with Gasteiger partial charge < -0.3 is 5.11 Å². The Labute approximate surface area is 140 Å². The van der Waals surface area contributed by atoms with E-state index >= 15 is 0 Å². The molecule has 3 saturated carbocycles. The van der Waals surface area contributed by atoms with Crippen molar-refractivity contribution in [3.05, 3.63) is 11.6 Å². The summed E-state index contributed by atoms with van der Waals surface area (Å²) in [6.45, 7) is 6.65. The van der Waals surface area contributed by atoms with Crippen LogP contribution in [0.1, 0.15) is 72.1 Å². The van der Waals surface area contributed by atoms with Gasteiger partial charge in [0.25, 0.3) is 0 Å². The maximum absolute atomic E-state index is 12.1. The number of hydrogen-bond acceptors (Lipinski definition) is 2. The van der Waals surface area contributed by atoms with Crippen molar-refractivity contribution in [3.63, 3.8) is 0 Å². The van der Waals surface area contributed by atoms with Crippen molar-refractivity contribution in [2.75, 3.05) is 0 Å². The molecule has 0 bridgehead atoms. The third-order valence-electron chi connectivity index (χ3n) is 8.60. The van der Waals surface area contributed by atoms with Gasteiger partial charge in [-0.2, -0.15) is 0 Å². The van der Waals surface area contributed by atoms with Crippen LogP contribution in [0.5, 0.6) is 0 Å². The molecule has 0 saturated heterocycles. The van der Waals surface area contributed by atoms with E-state index in [0.717, 1.165) is 42.6 Å². The predicted molar refractivity (Wildman–Crippen MR) is 91.9 cm³/mol. The van der Waals surface area contributed by atoms with E-state index in [-0.39, 0.29) is 11.5 Å². The highest BCUT2D eigenvalue weighted by molar-refractivity contribution is 5.95. The molecule has 7 atom stereocenters. The van der Waals surface area contributed by atoms with Gasteiger partial charge >= 0.3 is 0 Å². The van der Waals surface area contributed by atoms with Gasteiger partial charge in [-0.3, -0.25) is 4.79 Å². The first-order valence-corrected chi connectivity index (χ1v) is 9.76. The Morgan fingerprint density at radius 1 is 1.13 bits per heavy atom. The second-order valence-corrected chi connectivity index (χ2v) is 9.45. The van der Waals surface area contributed by atoms with E-state index in [4.69, 9.17) is 0 Å². The number of carbonyl (C=O) groups excluding carboxylic acids is 1. The summed E-state index contributed by atoms with van der Waals surface area (Å²) in [5.74, 6) is 3.31. The van der Waals surface area contributed by atoms with Gasteiger partial charge in [0.05, 0.1) is 6.10 Å². The summed E-state index contributed by atoms with van der Waals surface area (Å²) in [5, 5.41) is 10.1. The van der Waals surface area contributed by atoms with Crippen molar-refractivity contribution < 1.29 is 9.90 Å². The summed E-state index contributed by atoms with van der Waals surface area (Å²) in [7, 11) is 0. The fourth-order valence-corrected chi connectivity index (χ4v) is 7.35. The number of rotatable bonds is 1. The summed E-state index contributed by atoms with van der Waals surface area (Å²) in [6.07, 6.45) is 11.6. The molecule has 4 rings (SSSR count). The zero-order valence-electron chi connectivity index (χ0n) is 15.0. The molecule has 128 valence electrons. The second-order valence-electron chi connectivity index (χ2n) is 9.45. The van der Waals surface area contributed by atoms with E-state index in [1.807, 2.05) is 0 Å². The number of aliphatic hydroxyl groups is 1. The fourth-order valence-electron chi connectivity index (χ4n) is 7.35. The standard InChI is InChI=1S/C21H32O2/c1-13(22)17-6-7-18-16-5-4-14-12-15(23)8-10-20(14,2)19(16)9-11-21(17,18)3/h6,14-16,18-19,23H,4-5,7-12H2,1-3H3/t14-,15-,16+,18+,19+,20+,21-/m1/s1. The zero-order valence-corrected chi connectivity index (χ0v) is 15.0. The minimum absolute atomic E-state index is 0.0593. The molecule has 0 radical (unpaired) electrons. The Hall–Kier alpha value is -0.630. The van der Waals surface area contributed by atoms with Crippen LogP contribution in [-0.2, 0) is 4.79 Å². The minimum Gasteiger partial charge on any atom is -0.393 e. The number of fused-ring (bicyclic) bond motifs is 5. The molecule has 0 amide bonds. The van der Waals surface area contributed by atoms with Gasteiger partial charge in [0.2, 0.25) is 0 Å². The Morgan fingerprint density at radius 2 is 1.91 bits per heavy atom. The predicted octanol–water partition coefficient (Wildman–Crippen LogP) is 4.52. The van der Waals surface area contributed by atoms with Gasteiger partial charge in [0.1, 0.15) is 0 Å². The lowest BCUT2D eigenvalue weighted by Crippen LogP contribution is -2.53. The molecule has 4 aliphatic rings. The maximum atomic E-state index is 12.1. The Bertz CT molecular complexity index is 550. The molecule has 0 aliphatic heterocycles. The van der Waals surface area contributed by atoms with Crippen LogP contribution in [-0.4, -0.2) is 17.0 Å².